The van der Waals surface area contributed by atoms with Crippen LogP contribution in [-0.2, 0) is 27.0 Å². The molecule has 0 saturated carbocycles. The first kappa shape index (κ1) is 23.0. The van der Waals surface area contributed by atoms with Crippen LogP contribution in [0.2, 0.25) is 0 Å². The molecule has 9 heteroatoms. The average molecular weight is 430 g/mol. The zero-order valence-corrected chi connectivity index (χ0v) is 17.3. The van der Waals surface area contributed by atoms with Gasteiger partial charge in [-0.2, -0.15) is 13.2 Å². The monoisotopic (exact) mass is 430 g/mol. The molecule has 2 aliphatic heterocycles. The summed E-state index contributed by atoms with van der Waals surface area (Å²) in [5, 5.41) is 10.2. The van der Waals surface area contributed by atoms with Crippen LogP contribution in [0, 0.1) is 0 Å². The van der Waals surface area contributed by atoms with Gasteiger partial charge in [-0.1, -0.05) is 12.1 Å². The molecule has 0 unspecified atom stereocenters. The second-order valence-corrected chi connectivity index (χ2v) is 8.25. The van der Waals surface area contributed by atoms with Crippen molar-refractivity contribution in [3.05, 3.63) is 35.4 Å². The van der Waals surface area contributed by atoms with Gasteiger partial charge in [-0.15, -0.1) is 0 Å². The van der Waals surface area contributed by atoms with E-state index >= 15 is 0 Å². The maximum atomic E-state index is 12.8. The molecule has 0 spiro atoms. The van der Waals surface area contributed by atoms with E-state index in [0.717, 1.165) is 24.1 Å². The highest BCUT2D eigenvalue weighted by atomic mass is 19.4. The number of aliphatic hydroxyl groups is 1. The predicted octanol–water partition coefficient (Wildman–Crippen LogP) is 2.29. The summed E-state index contributed by atoms with van der Waals surface area (Å²) in [5.74, 6) is 0.00208. The number of hydrogen-bond acceptors (Lipinski definition) is 5. The third kappa shape index (κ3) is 5.94. The van der Waals surface area contributed by atoms with Gasteiger partial charge in [-0.05, 0) is 30.5 Å². The average Bonchev–Trinajstić information content (AvgIpc) is 2.66. The van der Waals surface area contributed by atoms with Crippen LogP contribution in [0.4, 0.5) is 13.2 Å². The second kappa shape index (κ2) is 9.64. The molecule has 6 nitrogen and oxygen atoms in total. The van der Waals surface area contributed by atoms with Gasteiger partial charge in [-0.25, -0.2) is 0 Å². The van der Waals surface area contributed by atoms with Crippen molar-refractivity contribution in [3.8, 4) is 0 Å². The highest BCUT2D eigenvalue weighted by Gasteiger charge is 2.38. The van der Waals surface area contributed by atoms with Gasteiger partial charge in [0.05, 0.1) is 43.5 Å². The molecule has 4 atom stereocenters. The van der Waals surface area contributed by atoms with E-state index in [0.29, 0.717) is 32.5 Å². The molecule has 0 radical (unpaired) electrons. The lowest BCUT2D eigenvalue weighted by Gasteiger charge is -2.44. The molecule has 168 valence electrons. The van der Waals surface area contributed by atoms with Crippen molar-refractivity contribution >= 4 is 5.91 Å². The Bertz CT molecular complexity index is 711. The van der Waals surface area contributed by atoms with Gasteiger partial charge >= 0.3 is 6.18 Å². The van der Waals surface area contributed by atoms with E-state index in [1.165, 1.54) is 17.0 Å². The van der Waals surface area contributed by atoms with Gasteiger partial charge in [0.1, 0.15) is 0 Å². The number of rotatable bonds is 4. The van der Waals surface area contributed by atoms with E-state index in [9.17, 15) is 23.1 Å². The van der Waals surface area contributed by atoms with E-state index in [4.69, 9.17) is 9.47 Å². The molecule has 1 aromatic rings. The molecular weight excluding hydrogens is 401 g/mol. The Hall–Kier alpha value is -1.68. The van der Waals surface area contributed by atoms with Crippen LogP contribution in [-0.4, -0.2) is 79.0 Å². The molecule has 2 saturated heterocycles. The predicted molar refractivity (Wildman–Crippen MR) is 104 cm³/mol. The molecule has 2 fully saturated rings. The molecule has 1 N–H and O–H groups in total. The Morgan fingerprint density at radius 1 is 1.20 bits per heavy atom. The maximum Gasteiger partial charge on any atom is 0.416 e. The number of hydrogen-bond donors (Lipinski definition) is 1. The number of benzene rings is 1. The smallest absolute Gasteiger partial charge is 0.389 e. The number of carbonyl (C=O) groups excluding carboxylic acids is 1. The number of nitrogens with zero attached hydrogens (tertiary/aromatic N) is 2. The summed E-state index contributed by atoms with van der Waals surface area (Å²) in [5.41, 5.74) is 0.0555. The van der Waals surface area contributed by atoms with Crippen molar-refractivity contribution in [2.75, 3.05) is 33.9 Å². The van der Waals surface area contributed by atoms with Crippen LogP contribution < -0.4 is 0 Å². The van der Waals surface area contributed by atoms with Crippen LogP contribution in [0.15, 0.2) is 24.3 Å². The number of fused-ring (bicyclic) bond motifs is 1. The lowest BCUT2D eigenvalue weighted by atomic mass is 9.94. The van der Waals surface area contributed by atoms with Crippen LogP contribution in [0.3, 0.4) is 0 Å². The number of β-amino-alcohol motifs (C(OH)–C–C–N with tert-alkyl or cyclic N) is 1. The van der Waals surface area contributed by atoms with Gasteiger partial charge in [0.2, 0.25) is 5.91 Å². The number of ether oxygens (including phenoxy) is 2. The summed E-state index contributed by atoms with van der Waals surface area (Å²) in [6.45, 7) is 1.21. The van der Waals surface area contributed by atoms with Crippen LogP contribution in [0.25, 0.3) is 0 Å². The van der Waals surface area contributed by atoms with Crippen LogP contribution >= 0.6 is 0 Å². The zero-order chi connectivity index (χ0) is 21.9. The number of carbonyl (C=O) groups is 1. The highest BCUT2D eigenvalue weighted by Crippen LogP contribution is 2.31. The minimum absolute atomic E-state index is 0.00208. The number of aliphatic hydroxyl groups excluding tert-OH is 1. The van der Waals surface area contributed by atoms with Gasteiger partial charge < -0.3 is 19.5 Å². The minimum Gasteiger partial charge on any atom is -0.389 e. The molecule has 0 aromatic heterocycles. The van der Waals surface area contributed by atoms with Crippen molar-refractivity contribution in [2.45, 2.75) is 56.3 Å². The lowest BCUT2D eigenvalue weighted by molar-refractivity contribution is -0.160. The summed E-state index contributed by atoms with van der Waals surface area (Å²) in [6.07, 6.45) is -3.75. The van der Waals surface area contributed by atoms with Crippen LogP contribution in [0.5, 0.6) is 0 Å². The van der Waals surface area contributed by atoms with Crippen molar-refractivity contribution in [3.63, 3.8) is 0 Å². The van der Waals surface area contributed by atoms with Crippen molar-refractivity contribution < 1.29 is 32.5 Å². The summed E-state index contributed by atoms with van der Waals surface area (Å²) < 4.78 is 50.2. The fourth-order valence-electron chi connectivity index (χ4n) is 4.04. The van der Waals surface area contributed by atoms with Crippen LogP contribution in [0.1, 0.15) is 30.4 Å². The van der Waals surface area contributed by atoms with Crippen molar-refractivity contribution in [2.24, 2.45) is 0 Å². The summed E-state index contributed by atoms with van der Waals surface area (Å²) in [7, 11) is 3.42. The standard InChI is InChI=1S/C21H29F3N2O4/c1-25(2)20(28)9-17-7-8-18-19(30-17)13-29-12-16(27)11-26(18)10-14-3-5-15(6-4-14)21(22,23)24/h3-6,16-19,27H,7-13H2,1-2H3/t16-,17-,18+,19-/m0/s1. The molecule has 2 heterocycles. The summed E-state index contributed by atoms with van der Waals surface area (Å²) in [4.78, 5) is 15.6. The van der Waals surface area contributed by atoms with E-state index < -0.39 is 17.8 Å². The zero-order valence-electron chi connectivity index (χ0n) is 17.3. The van der Waals surface area contributed by atoms with E-state index in [-0.39, 0.29) is 30.8 Å². The second-order valence-electron chi connectivity index (χ2n) is 8.25. The molecular formula is C21H29F3N2O4. The van der Waals surface area contributed by atoms with Crippen molar-refractivity contribution in [1.29, 1.82) is 0 Å². The highest BCUT2D eigenvalue weighted by molar-refractivity contribution is 5.76. The number of amides is 1. The van der Waals surface area contributed by atoms with Gasteiger partial charge in [-0.3, -0.25) is 9.69 Å². The van der Waals surface area contributed by atoms with Crippen molar-refractivity contribution in [1.82, 2.24) is 9.80 Å². The molecule has 3 rings (SSSR count). The fraction of sp³-hybridized carbons (Fsp3) is 0.667. The molecule has 30 heavy (non-hydrogen) atoms. The van der Waals surface area contributed by atoms with Gasteiger partial charge in [0.15, 0.2) is 0 Å². The quantitative estimate of drug-likeness (QED) is 0.794. The van der Waals surface area contributed by atoms with E-state index in [1.54, 1.807) is 14.1 Å². The van der Waals surface area contributed by atoms with E-state index in [2.05, 4.69) is 4.90 Å². The molecule has 0 aliphatic carbocycles. The molecule has 0 bridgehead atoms. The Balaban J connectivity index is 1.70. The number of halogens is 3. The number of alkyl halides is 3. The fourth-order valence-corrected chi connectivity index (χ4v) is 4.04. The van der Waals surface area contributed by atoms with E-state index in [1.807, 2.05) is 0 Å². The molecule has 1 amide bonds. The minimum atomic E-state index is -4.37. The Kier molecular flexibility index (Phi) is 7.38. The Morgan fingerprint density at radius 3 is 2.53 bits per heavy atom. The normalized spacial score (nSPS) is 28.3. The summed E-state index contributed by atoms with van der Waals surface area (Å²) in [6, 6.07) is 5.06. The third-order valence-corrected chi connectivity index (χ3v) is 5.66. The molecule has 2 aliphatic rings. The Morgan fingerprint density at radius 2 is 1.90 bits per heavy atom. The lowest BCUT2D eigenvalue weighted by Crippen LogP contribution is -2.55. The van der Waals surface area contributed by atoms with Gasteiger partial charge in [0.25, 0.3) is 0 Å². The largest absolute Gasteiger partial charge is 0.416 e. The third-order valence-electron chi connectivity index (χ3n) is 5.66. The molecule has 1 aromatic carbocycles. The topological polar surface area (TPSA) is 62.2 Å². The first-order valence-electron chi connectivity index (χ1n) is 10.1. The first-order chi connectivity index (χ1) is 14.1. The Labute approximate surface area is 174 Å². The maximum absolute atomic E-state index is 12.8. The first-order valence-corrected chi connectivity index (χ1v) is 10.1. The SMILES string of the molecule is CN(C)C(=O)C[C@@H]1CC[C@@H]2[C@H](COC[C@@H](O)CN2Cc2ccc(C(F)(F)F)cc2)O1. The van der Waals surface area contributed by atoms with Gasteiger partial charge in [0, 0.05) is 33.2 Å². The summed E-state index contributed by atoms with van der Waals surface area (Å²) >= 11 is 0.